The van der Waals surface area contributed by atoms with Crippen molar-refractivity contribution in [1.29, 1.82) is 0 Å². The van der Waals surface area contributed by atoms with Gasteiger partial charge in [-0.1, -0.05) is 24.3 Å². The number of halogens is 1. The van der Waals surface area contributed by atoms with Crippen LogP contribution in [0.5, 0.6) is 5.75 Å². The molecule has 4 nitrogen and oxygen atoms in total. The molecule has 0 aromatic heterocycles. The Bertz CT molecular complexity index is 779. The highest BCUT2D eigenvalue weighted by Crippen LogP contribution is 2.37. The highest BCUT2D eigenvalue weighted by atomic mass is 35.5. The fourth-order valence-electron chi connectivity index (χ4n) is 4.38. The molecule has 2 aliphatic rings. The average Bonchev–Trinajstić information content (AvgIpc) is 3.17. The Morgan fingerprint density at radius 1 is 1.24 bits per heavy atom. The molecule has 0 spiro atoms. The zero-order valence-electron chi connectivity index (χ0n) is 14.5. The Balaban J connectivity index is 0.00000182. The molecular formula is C20H25ClN2O2. The minimum absolute atomic E-state index is 0. The van der Waals surface area contributed by atoms with Crippen LogP contribution in [0, 0.1) is 11.8 Å². The SMILES string of the molecule is COc1ccc2cccc(CC(=O)N3CC4CCC(N)C4C3)c2c1.Cl. The molecule has 1 saturated carbocycles. The number of ether oxygens (including phenoxy) is 1. The van der Waals surface area contributed by atoms with E-state index in [4.69, 9.17) is 10.5 Å². The van der Waals surface area contributed by atoms with Crippen LogP contribution in [0.1, 0.15) is 18.4 Å². The molecule has 3 unspecified atom stereocenters. The van der Waals surface area contributed by atoms with Gasteiger partial charge < -0.3 is 15.4 Å². The average molecular weight is 361 g/mol. The molecule has 2 N–H and O–H groups in total. The highest BCUT2D eigenvalue weighted by molar-refractivity contribution is 5.91. The van der Waals surface area contributed by atoms with Crippen molar-refractivity contribution < 1.29 is 9.53 Å². The van der Waals surface area contributed by atoms with Crippen molar-refractivity contribution >= 4 is 29.1 Å². The van der Waals surface area contributed by atoms with Crippen molar-refractivity contribution in [1.82, 2.24) is 4.90 Å². The number of nitrogens with zero attached hydrogens (tertiary/aromatic N) is 1. The van der Waals surface area contributed by atoms with E-state index in [0.717, 1.165) is 41.6 Å². The first kappa shape index (κ1) is 18.0. The lowest BCUT2D eigenvalue weighted by molar-refractivity contribution is -0.129. The number of amides is 1. The number of hydrogen-bond donors (Lipinski definition) is 1. The van der Waals surface area contributed by atoms with Gasteiger partial charge in [0.1, 0.15) is 5.75 Å². The molecule has 1 aliphatic carbocycles. The van der Waals surface area contributed by atoms with Crippen LogP contribution in [0.4, 0.5) is 0 Å². The minimum atomic E-state index is 0. The van der Waals surface area contributed by atoms with Crippen molar-refractivity contribution in [2.24, 2.45) is 17.6 Å². The third kappa shape index (κ3) is 3.33. The number of carbonyl (C=O) groups excluding carboxylic acids is 1. The van der Waals surface area contributed by atoms with Crippen LogP contribution in [0.2, 0.25) is 0 Å². The lowest BCUT2D eigenvalue weighted by Crippen LogP contribution is -2.34. The number of hydrogen-bond acceptors (Lipinski definition) is 3. The normalized spacial score (nSPS) is 24.9. The van der Waals surface area contributed by atoms with Gasteiger partial charge in [-0.15, -0.1) is 12.4 Å². The van der Waals surface area contributed by atoms with Gasteiger partial charge in [-0.2, -0.15) is 0 Å². The summed E-state index contributed by atoms with van der Waals surface area (Å²) in [5.74, 6) is 2.15. The van der Waals surface area contributed by atoms with Crippen molar-refractivity contribution in [2.45, 2.75) is 25.3 Å². The van der Waals surface area contributed by atoms with E-state index in [2.05, 4.69) is 6.07 Å². The van der Waals surface area contributed by atoms with Crippen molar-refractivity contribution in [2.75, 3.05) is 20.2 Å². The monoisotopic (exact) mass is 360 g/mol. The summed E-state index contributed by atoms with van der Waals surface area (Å²) in [5.41, 5.74) is 7.26. The van der Waals surface area contributed by atoms with Gasteiger partial charge in [-0.05, 0) is 53.1 Å². The Hall–Kier alpha value is -1.78. The summed E-state index contributed by atoms with van der Waals surface area (Å²) in [6.45, 7) is 1.71. The second kappa shape index (κ2) is 7.22. The van der Waals surface area contributed by atoms with Crippen LogP contribution < -0.4 is 10.5 Å². The zero-order valence-corrected chi connectivity index (χ0v) is 15.3. The Kier molecular flexibility index (Phi) is 5.21. The van der Waals surface area contributed by atoms with Crippen LogP contribution in [-0.4, -0.2) is 37.0 Å². The summed E-state index contributed by atoms with van der Waals surface area (Å²) in [4.78, 5) is 14.8. The van der Waals surface area contributed by atoms with Gasteiger partial charge in [-0.3, -0.25) is 4.79 Å². The number of fused-ring (bicyclic) bond motifs is 2. The summed E-state index contributed by atoms with van der Waals surface area (Å²) in [6.07, 6.45) is 2.72. The fraction of sp³-hybridized carbons (Fsp3) is 0.450. The van der Waals surface area contributed by atoms with Crippen LogP contribution in [0.3, 0.4) is 0 Å². The molecule has 2 aromatic carbocycles. The molecule has 1 amide bonds. The van der Waals surface area contributed by atoms with Gasteiger partial charge in [0.25, 0.3) is 0 Å². The van der Waals surface area contributed by atoms with E-state index in [1.54, 1.807) is 7.11 Å². The molecule has 2 aromatic rings. The quantitative estimate of drug-likeness (QED) is 0.915. The Morgan fingerprint density at radius 2 is 2.08 bits per heavy atom. The zero-order chi connectivity index (χ0) is 16.7. The second-order valence-corrected chi connectivity index (χ2v) is 7.14. The first-order chi connectivity index (χ1) is 11.7. The number of likely N-dealkylation sites (tertiary alicyclic amines) is 1. The van der Waals surface area contributed by atoms with Gasteiger partial charge in [0, 0.05) is 19.1 Å². The molecule has 0 bridgehead atoms. The van der Waals surface area contributed by atoms with Crippen molar-refractivity contribution in [3.8, 4) is 5.75 Å². The molecule has 5 heteroatoms. The fourth-order valence-corrected chi connectivity index (χ4v) is 4.38. The lowest BCUT2D eigenvalue weighted by Gasteiger charge is -2.19. The molecule has 0 radical (unpaired) electrons. The maximum atomic E-state index is 12.8. The largest absolute Gasteiger partial charge is 0.497 e. The number of methoxy groups -OCH3 is 1. The minimum Gasteiger partial charge on any atom is -0.497 e. The summed E-state index contributed by atoms with van der Waals surface area (Å²) in [7, 11) is 1.67. The standard InChI is InChI=1S/C20H24N2O2.ClH/c1-24-16-7-5-13-3-2-4-14(17(13)10-16)9-20(23)22-11-15-6-8-19(21)18(15)12-22;/h2-5,7,10,15,18-19H,6,8-9,11-12,21H2,1H3;1H. The van der Waals surface area contributed by atoms with Gasteiger partial charge >= 0.3 is 0 Å². The summed E-state index contributed by atoms with van der Waals surface area (Å²) in [5, 5.41) is 2.24. The maximum absolute atomic E-state index is 12.8. The molecule has 1 aliphatic heterocycles. The highest BCUT2D eigenvalue weighted by Gasteiger charge is 2.42. The summed E-state index contributed by atoms with van der Waals surface area (Å²) >= 11 is 0. The maximum Gasteiger partial charge on any atom is 0.227 e. The number of rotatable bonds is 3. The Morgan fingerprint density at radius 3 is 2.84 bits per heavy atom. The molecule has 4 rings (SSSR count). The second-order valence-electron chi connectivity index (χ2n) is 7.14. The van der Waals surface area contributed by atoms with Gasteiger partial charge in [-0.25, -0.2) is 0 Å². The first-order valence-electron chi connectivity index (χ1n) is 8.74. The summed E-state index contributed by atoms with van der Waals surface area (Å²) < 4.78 is 5.33. The first-order valence-corrected chi connectivity index (χ1v) is 8.74. The number of carbonyl (C=O) groups is 1. The smallest absolute Gasteiger partial charge is 0.227 e. The van der Waals surface area contributed by atoms with Crippen LogP contribution >= 0.6 is 12.4 Å². The van der Waals surface area contributed by atoms with Crippen molar-refractivity contribution in [3.63, 3.8) is 0 Å². The third-order valence-corrected chi connectivity index (χ3v) is 5.79. The van der Waals surface area contributed by atoms with E-state index < -0.39 is 0 Å². The topological polar surface area (TPSA) is 55.6 Å². The number of benzene rings is 2. The predicted molar refractivity (Wildman–Crippen MR) is 102 cm³/mol. The van der Waals surface area contributed by atoms with Crippen molar-refractivity contribution in [3.05, 3.63) is 42.0 Å². The van der Waals surface area contributed by atoms with Crippen LogP contribution in [0.25, 0.3) is 10.8 Å². The van der Waals surface area contributed by atoms with Gasteiger partial charge in [0.05, 0.1) is 13.5 Å². The van der Waals surface area contributed by atoms with E-state index in [1.807, 2.05) is 35.2 Å². The molecule has 3 atom stereocenters. The van der Waals surface area contributed by atoms with Gasteiger partial charge in [0.15, 0.2) is 0 Å². The van der Waals surface area contributed by atoms with Gasteiger partial charge in [0.2, 0.25) is 5.91 Å². The molecule has 134 valence electrons. The van der Waals surface area contributed by atoms with E-state index in [9.17, 15) is 4.79 Å². The van der Waals surface area contributed by atoms with E-state index in [1.165, 1.54) is 6.42 Å². The third-order valence-electron chi connectivity index (χ3n) is 5.79. The number of nitrogens with two attached hydrogens (primary N) is 1. The summed E-state index contributed by atoms with van der Waals surface area (Å²) in [6, 6.07) is 12.4. The Labute approximate surface area is 154 Å². The van der Waals surface area contributed by atoms with E-state index in [-0.39, 0.29) is 24.4 Å². The molecule has 1 saturated heterocycles. The van der Waals surface area contributed by atoms with Crippen LogP contribution in [0.15, 0.2) is 36.4 Å². The predicted octanol–water partition coefficient (Wildman–Crippen LogP) is 3.01. The lowest BCUT2D eigenvalue weighted by atomic mass is 9.98. The molecular weight excluding hydrogens is 336 g/mol. The van der Waals surface area contributed by atoms with E-state index in [0.29, 0.717) is 18.3 Å². The molecule has 1 heterocycles. The van der Waals surface area contributed by atoms with Crippen LogP contribution in [-0.2, 0) is 11.2 Å². The molecule has 2 fully saturated rings. The molecule has 25 heavy (non-hydrogen) atoms. The van der Waals surface area contributed by atoms with E-state index >= 15 is 0 Å².